The van der Waals surface area contributed by atoms with Gasteiger partial charge < -0.3 is 4.98 Å². The molecule has 0 spiro atoms. The molecule has 1 aromatic heterocycles. The van der Waals surface area contributed by atoms with Crippen LogP contribution in [0, 0.1) is 6.92 Å². The second kappa shape index (κ2) is 7.34. The Labute approximate surface area is 140 Å². The summed E-state index contributed by atoms with van der Waals surface area (Å²) in [4.78, 5) is 17.0. The van der Waals surface area contributed by atoms with Gasteiger partial charge in [-0.15, -0.1) is 0 Å². The Kier molecular flexibility index (Phi) is 4.99. The molecule has 0 saturated heterocycles. The Balaban J connectivity index is 1.73. The Morgan fingerprint density at radius 3 is 2.35 bits per heavy atom. The molecule has 0 unspecified atom stereocenters. The Morgan fingerprint density at radius 2 is 1.61 bits per heavy atom. The molecular weight excluding hydrogens is 302 g/mol. The predicted octanol–water partition coefficient (Wildman–Crippen LogP) is 4.62. The van der Waals surface area contributed by atoms with Gasteiger partial charge in [-0.1, -0.05) is 59.8 Å². The number of hydrogen-bond donors (Lipinski definition) is 1. The molecule has 116 valence electrons. The second-order valence-corrected chi connectivity index (χ2v) is 6.75. The monoisotopic (exact) mass is 321 g/mol. The van der Waals surface area contributed by atoms with Gasteiger partial charge in [-0.05, 0) is 43.5 Å². The third-order valence-electron chi connectivity index (χ3n) is 3.66. The molecule has 3 aromatic rings. The van der Waals surface area contributed by atoms with Crippen molar-refractivity contribution >= 4 is 11.8 Å². The summed E-state index contributed by atoms with van der Waals surface area (Å²) in [5.41, 5.74) is 3.47. The molecule has 1 heterocycles. The molecule has 3 rings (SSSR count). The van der Waals surface area contributed by atoms with Crippen LogP contribution in [-0.2, 0) is 12.8 Å². The van der Waals surface area contributed by atoms with E-state index < -0.39 is 0 Å². The first-order valence-electron chi connectivity index (χ1n) is 7.71. The van der Waals surface area contributed by atoms with Crippen molar-refractivity contribution in [2.75, 3.05) is 0 Å². The number of aromatic amines is 1. The highest BCUT2D eigenvalue weighted by Gasteiger charge is 2.03. The van der Waals surface area contributed by atoms with Gasteiger partial charge in [-0.25, -0.2) is 0 Å². The Hall–Kier alpha value is -2.26. The van der Waals surface area contributed by atoms with Crippen molar-refractivity contribution in [3.8, 4) is 0 Å². The predicted molar refractivity (Wildman–Crippen MR) is 96.2 cm³/mol. The average molecular weight is 321 g/mol. The van der Waals surface area contributed by atoms with Gasteiger partial charge in [0.25, 0.3) is 0 Å². The lowest BCUT2D eigenvalue weighted by Gasteiger charge is -2.06. The van der Waals surface area contributed by atoms with Crippen LogP contribution in [0.3, 0.4) is 0 Å². The first-order chi connectivity index (χ1) is 11.2. The lowest BCUT2D eigenvalue weighted by molar-refractivity contribution is 0.895. The number of aryl methyl sites for hydroxylation is 3. The summed E-state index contributed by atoms with van der Waals surface area (Å²) in [7, 11) is 0. The van der Waals surface area contributed by atoms with Crippen molar-refractivity contribution < 1.29 is 0 Å². The van der Waals surface area contributed by atoms with E-state index in [1.54, 1.807) is 17.8 Å². The van der Waals surface area contributed by atoms with E-state index in [0.29, 0.717) is 0 Å². The van der Waals surface area contributed by atoms with Crippen molar-refractivity contribution in [2.24, 2.45) is 0 Å². The largest absolute Gasteiger partial charge is 0.326 e. The van der Waals surface area contributed by atoms with E-state index in [2.05, 4.69) is 54.4 Å². The van der Waals surface area contributed by atoms with Gasteiger partial charge in [0, 0.05) is 21.6 Å². The van der Waals surface area contributed by atoms with Gasteiger partial charge in [0.1, 0.15) is 0 Å². The van der Waals surface area contributed by atoms with E-state index in [1.807, 2.05) is 18.2 Å². The summed E-state index contributed by atoms with van der Waals surface area (Å²) in [6.07, 6.45) is 1.76. The summed E-state index contributed by atoms with van der Waals surface area (Å²) in [6.45, 7) is 2.07. The molecule has 0 radical (unpaired) electrons. The van der Waals surface area contributed by atoms with Gasteiger partial charge in [0.05, 0.1) is 0 Å². The SMILES string of the molecule is Cc1ccc(Sc2cc(CCc3ccccc3)[nH]c(=O)c2)cc1. The van der Waals surface area contributed by atoms with E-state index in [4.69, 9.17) is 0 Å². The molecule has 3 heteroatoms. The molecule has 0 aliphatic rings. The van der Waals surface area contributed by atoms with E-state index >= 15 is 0 Å². The number of pyridine rings is 1. The third-order valence-corrected chi connectivity index (χ3v) is 4.64. The van der Waals surface area contributed by atoms with E-state index in [9.17, 15) is 4.79 Å². The van der Waals surface area contributed by atoms with Crippen LogP contribution >= 0.6 is 11.8 Å². The van der Waals surface area contributed by atoms with Crippen LogP contribution in [0.25, 0.3) is 0 Å². The summed E-state index contributed by atoms with van der Waals surface area (Å²) in [5.74, 6) is 0. The van der Waals surface area contributed by atoms with Crippen LogP contribution < -0.4 is 5.56 Å². The van der Waals surface area contributed by atoms with Crippen molar-refractivity contribution in [1.82, 2.24) is 4.98 Å². The second-order valence-electron chi connectivity index (χ2n) is 5.61. The lowest BCUT2D eigenvalue weighted by Crippen LogP contribution is -2.08. The zero-order valence-electron chi connectivity index (χ0n) is 13.1. The Morgan fingerprint density at radius 1 is 0.870 bits per heavy atom. The van der Waals surface area contributed by atoms with Gasteiger partial charge >= 0.3 is 0 Å². The summed E-state index contributed by atoms with van der Waals surface area (Å²) in [5, 5.41) is 0. The fourth-order valence-corrected chi connectivity index (χ4v) is 3.34. The maximum Gasteiger partial charge on any atom is 0.249 e. The molecule has 2 aromatic carbocycles. The van der Waals surface area contributed by atoms with E-state index in [1.165, 1.54) is 11.1 Å². The minimum absolute atomic E-state index is 0.0369. The molecular formula is C20H19NOS. The van der Waals surface area contributed by atoms with E-state index in [-0.39, 0.29) is 5.56 Å². The Bertz CT molecular complexity index is 822. The van der Waals surface area contributed by atoms with Crippen LogP contribution in [0.1, 0.15) is 16.8 Å². The number of hydrogen-bond acceptors (Lipinski definition) is 2. The first-order valence-corrected chi connectivity index (χ1v) is 8.52. The van der Waals surface area contributed by atoms with Gasteiger partial charge in [-0.3, -0.25) is 4.79 Å². The zero-order valence-corrected chi connectivity index (χ0v) is 13.9. The normalized spacial score (nSPS) is 10.7. The highest BCUT2D eigenvalue weighted by Crippen LogP contribution is 2.27. The third kappa shape index (κ3) is 4.60. The molecule has 0 aliphatic heterocycles. The minimum atomic E-state index is -0.0369. The molecule has 0 amide bonds. The summed E-state index contributed by atoms with van der Waals surface area (Å²) >= 11 is 1.63. The van der Waals surface area contributed by atoms with Crippen molar-refractivity contribution in [3.63, 3.8) is 0 Å². The molecule has 23 heavy (non-hydrogen) atoms. The van der Waals surface area contributed by atoms with Gasteiger partial charge in [0.2, 0.25) is 5.56 Å². The number of nitrogens with one attached hydrogen (secondary N) is 1. The summed E-state index contributed by atoms with van der Waals surface area (Å²) < 4.78 is 0. The molecule has 0 fully saturated rings. The maximum absolute atomic E-state index is 11.9. The van der Waals surface area contributed by atoms with Crippen molar-refractivity contribution in [2.45, 2.75) is 29.6 Å². The topological polar surface area (TPSA) is 32.9 Å². The zero-order chi connectivity index (χ0) is 16.1. The maximum atomic E-state index is 11.9. The van der Waals surface area contributed by atoms with Crippen LogP contribution in [0.5, 0.6) is 0 Å². The fourth-order valence-electron chi connectivity index (χ4n) is 2.43. The first kappa shape index (κ1) is 15.6. The van der Waals surface area contributed by atoms with E-state index in [0.717, 1.165) is 28.3 Å². The number of H-pyrrole nitrogens is 1. The molecule has 0 atom stereocenters. The van der Waals surface area contributed by atoms with Gasteiger partial charge in [-0.2, -0.15) is 0 Å². The quantitative estimate of drug-likeness (QED) is 0.744. The van der Waals surface area contributed by atoms with Gasteiger partial charge in [0.15, 0.2) is 0 Å². The molecule has 0 saturated carbocycles. The standard InChI is InChI=1S/C20H19NOS/c1-15-7-11-18(12-8-15)23-19-13-17(21-20(22)14-19)10-9-16-5-3-2-4-6-16/h2-8,11-14H,9-10H2,1H3,(H,21,22). The molecule has 2 nitrogen and oxygen atoms in total. The number of benzene rings is 2. The number of rotatable bonds is 5. The average Bonchev–Trinajstić information content (AvgIpc) is 2.56. The lowest BCUT2D eigenvalue weighted by atomic mass is 10.1. The number of aromatic nitrogens is 1. The minimum Gasteiger partial charge on any atom is -0.326 e. The van der Waals surface area contributed by atoms with Crippen LogP contribution in [0.15, 0.2) is 81.3 Å². The van der Waals surface area contributed by atoms with Crippen molar-refractivity contribution in [3.05, 3.63) is 93.9 Å². The smallest absolute Gasteiger partial charge is 0.249 e. The summed E-state index contributed by atoms with van der Waals surface area (Å²) in [6, 6.07) is 22.4. The highest BCUT2D eigenvalue weighted by atomic mass is 32.2. The van der Waals surface area contributed by atoms with Crippen LogP contribution in [-0.4, -0.2) is 4.98 Å². The molecule has 0 bridgehead atoms. The van der Waals surface area contributed by atoms with Crippen molar-refractivity contribution in [1.29, 1.82) is 0 Å². The fraction of sp³-hybridized carbons (Fsp3) is 0.150. The van der Waals surface area contributed by atoms with Crippen LogP contribution in [0.4, 0.5) is 0 Å². The molecule has 0 aliphatic carbocycles. The highest BCUT2D eigenvalue weighted by molar-refractivity contribution is 7.99. The molecule has 1 N–H and O–H groups in total. The van der Waals surface area contributed by atoms with Crippen LogP contribution in [0.2, 0.25) is 0 Å².